The van der Waals surface area contributed by atoms with Crippen LogP contribution in [-0.2, 0) is 0 Å². The lowest BCUT2D eigenvalue weighted by molar-refractivity contribution is -0.0512. The first-order valence-electron chi connectivity index (χ1n) is 3.34. The average molecular weight is 174 g/mol. The summed E-state index contributed by atoms with van der Waals surface area (Å²) < 4.78 is 27.4. The molecule has 1 rings (SSSR count). The molecule has 0 spiro atoms. The Morgan fingerprint density at radius 3 is 2.67 bits per heavy atom. The minimum absolute atomic E-state index is 0.190. The number of hydrogen-bond donors (Lipinski definition) is 1. The second-order valence-corrected chi connectivity index (χ2v) is 2.30. The number of para-hydroxylation sites is 1. The molecule has 0 amide bonds. The van der Waals surface area contributed by atoms with Gasteiger partial charge in [0, 0.05) is 0 Å². The molecule has 4 heteroatoms. The number of rotatable bonds is 2. The fourth-order valence-corrected chi connectivity index (χ4v) is 0.823. The summed E-state index contributed by atoms with van der Waals surface area (Å²) in [5.41, 5.74) is 0.508. The van der Waals surface area contributed by atoms with E-state index in [2.05, 4.69) is 4.74 Å². The predicted octanol–water partition coefficient (Wildman–Crippen LogP) is 2.30. The minimum Gasteiger partial charge on any atom is -0.504 e. The van der Waals surface area contributed by atoms with Gasteiger partial charge in [-0.05, 0) is 18.6 Å². The summed E-state index contributed by atoms with van der Waals surface area (Å²) in [6.45, 7) is -1.30. The Bertz CT molecular complexity index is 274. The molecule has 2 nitrogen and oxygen atoms in total. The second kappa shape index (κ2) is 3.38. The quantitative estimate of drug-likeness (QED) is 0.745. The van der Waals surface area contributed by atoms with Gasteiger partial charge in [-0.2, -0.15) is 8.78 Å². The fourth-order valence-electron chi connectivity index (χ4n) is 0.823. The molecule has 1 N–H and O–H groups in total. The summed E-state index contributed by atoms with van der Waals surface area (Å²) >= 11 is 0. The third kappa shape index (κ3) is 1.84. The van der Waals surface area contributed by atoms with E-state index in [-0.39, 0.29) is 11.5 Å². The van der Waals surface area contributed by atoms with Gasteiger partial charge in [0.25, 0.3) is 0 Å². The Morgan fingerprint density at radius 2 is 2.08 bits per heavy atom. The predicted molar refractivity (Wildman–Crippen MR) is 39.5 cm³/mol. The van der Waals surface area contributed by atoms with Crippen LogP contribution in [0.5, 0.6) is 11.5 Å². The highest BCUT2D eigenvalue weighted by Gasteiger charge is 2.09. The number of ether oxygens (including phenoxy) is 1. The lowest BCUT2D eigenvalue weighted by Crippen LogP contribution is -2.02. The van der Waals surface area contributed by atoms with Gasteiger partial charge in [-0.3, -0.25) is 0 Å². The zero-order chi connectivity index (χ0) is 9.14. The van der Waals surface area contributed by atoms with E-state index in [4.69, 9.17) is 0 Å². The van der Waals surface area contributed by atoms with Crippen LogP contribution in [0.15, 0.2) is 18.2 Å². The maximum absolute atomic E-state index is 11.7. The van der Waals surface area contributed by atoms with Crippen molar-refractivity contribution in [1.29, 1.82) is 0 Å². The van der Waals surface area contributed by atoms with E-state index in [0.29, 0.717) is 5.56 Å². The lowest BCUT2D eigenvalue weighted by atomic mass is 10.2. The van der Waals surface area contributed by atoms with Crippen molar-refractivity contribution in [3.8, 4) is 11.5 Å². The SMILES string of the molecule is Cc1cccc(OC(F)F)c1O. The second-order valence-electron chi connectivity index (χ2n) is 2.30. The van der Waals surface area contributed by atoms with Crippen LogP contribution in [0.25, 0.3) is 0 Å². The number of phenolic OH excluding ortho intramolecular Hbond substituents is 1. The van der Waals surface area contributed by atoms with Crippen molar-refractivity contribution in [2.45, 2.75) is 13.5 Å². The summed E-state index contributed by atoms with van der Waals surface area (Å²) in [5.74, 6) is -0.428. The van der Waals surface area contributed by atoms with Crippen LogP contribution >= 0.6 is 0 Å². The van der Waals surface area contributed by atoms with E-state index in [1.807, 2.05) is 0 Å². The molecule has 1 aromatic rings. The van der Waals surface area contributed by atoms with Crippen LogP contribution in [0, 0.1) is 6.92 Å². The van der Waals surface area contributed by atoms with Crippen molar-refractivity contribution < 1.29 is 18.6 Å². The Kier molecular flexibility index (Phi) is 2.47. The number of hydrogen-bond acceptors (Lipinski definition) is 2. The van der Waals surface area contributed by atoms with Crippen molar-refractivity contribution in [2.75, 3.05) is 0 Å². The van der Waals surface area contributed by atoms with Gasteiger partial charge in [-0.25, -0.2) is 0 Å². The van der Waals surface area contributed by atoms with Gasteiger partial charge in [-0.15, -0.1) is 0 Å². The molecule has 0 saturated heterocycles. The molecule has 66 valence electrons. The monoisotopic (exact) mass is 174 g/mol. The van der Waals surface area contributed by atoms with E-state index in [9.17, 15) is 13.9 Å². The molecule has 0 aliphatic rings. The zero-order valence-corrected chi connectivity index (χ0v) is 6.42. The molecule has 0 aliphatic heterocycles. The zero-order valence-electron chi connectivity index (χ0n) is 6.42. The molecule has 0 unspecified atom stereocenters. The van der Waals surface area contributed by atoms with Crippen molar-refractivity contribution >= 4 is 0 Å². The molecule has 0 atom stereocenters. The number of alkyl halides is 2. The molecule has 0 saturated carbocycles. The van der Waals surface area contributed by atoms with Crippen molar-refractivity contribution in [1.82, 2.24) is 0 Å². The standard InChI is InChI=1S/C8H8F2O2/c1-5-3-2-4-6(7(5)11)12-8(9)10/h2-4,8,11H,1H3. The third-order valence-corrected chi connectivity index (χ3v) is 1.42. The average Bonchev–Trinajstić information content (AvgIpc) is 1.98. The molecule has 0 heterocycles. The number of aryl methyl sites for hydroxylation is 1. The summed E-state index contributed by atoms with van der Waals surface area (Å²) in [5, 5.41) is 9.19. The van der Waals surface area contributed by atoms with E-state index < -0.39 is 6.61 Å². The molecular formula is C8H8F2O2. The minimum atomic E-state index is -2.90. The summed E-state index contributed by atoms with van der Waals surface area (Å²) in [7, 11) is 0. The van der Waals surface area contributed by atoms with E-state index in [1.165, 1.54) is 12.1 Å². The van der Waals surface area contributed by atoms with E-state index in [0.717, 1.165) is 0 Å². The highest BCUT2D eigenvalue weighted by molar-refractivity contribution is 5.44. The van der Waals surface area contributed by atoms with Crippen molar-refractivity contribution in [2.24, 2.45) is 0 Å². The van der Waals surface area contributed by atoms with Crippen molar-refractivity contribution in [3.05, 3.63) is 23.8 Å². The first kappa shape index (κ1) is 8.77. The van der Waals surface area contributed by atoms with Crippen LogP contribution in [0.1, 0.15) is 5.56 Å². The summed E-state index contributed by atoms with van der Waals surface area (Å²) in [4.78, 5) is 0. The van der Waals surface area contributed by atoms with Crippen LogP contribution in [0.4, 0.5) is 8.78 Å². The highest BCUT2D eigenvalue weighted by atomic mass is 19.3. The molecule has 0 fully saturated rings. The Hall–Kier alpha value is -1.32. The Labute approximate surface area is 68.4 Å². The van der Waals surface area contributed by atoms with Crippen LogP contribution < -0.4 is 4.74 Å². The number of phenols is 1. The smallest absolute Gasteiger partial charge is 0.387 e. The third-order valence-electron chi connectivity index (χ3n) is 1.42. The Balaban J connectivity index is 2.92. The van der Waals surface area contributed by atoms with Crippen LogP contribution in [0.2, 0.25) is 0 Å². The van der Waals surface area contributed by atoms with Gasteiger partial charge in [0.2, 0.25) is 0 Å². The maximum atomic E-state index is 11.7. The van der Waals surface area contributed by atoms with Crippen LogP contribution in [-0.4, -0.2) is 11.7 Å². The van der Waals surface area contributed by atoms with E-state index in [1.54, 1.807) is 13.0 Å². The lowest BCUT2D eigenvalue weighted by Gasteiger charge is -2.07. The van der Waals surface area contributed by atoms with Gasteiger partial charge in [0.15, 0.2) is 11.5 Å². The van der Waals surface area contributed by atoms with Gasteiger partial charge >= 0.3 is 6.61 Å². The normalized spacial score (nSPS) is 10.3. The summed E-state index contributed by atoms with van der Waals surface area (Å²) in [6.07, 6.45) is 0. The first-order chi connectivity index (χ1) is 5.61. The molecule has 0 aliphatic carbocycles. The van der Waals surface area contributed by atoms with Gasteiger partial charge in [0.05, 0.1) is 0 Å². The largest absolute Gasteiger partial charge is 0.504 e. The molecular weight excluding hydrogens is 166 g/mol. The number of aromatic hydroxyl groups is 1. The van der Waals surface area contributed by atoms with Crippen molar-refractivity contribution in [3.63, 3.8) is 0 Å². The fraction of sp³-hybridized carbons (Fsp3) is 0.250. The number of halogens is 2. The van der Waals surface area contributed by atoms with Gasteiger partial charge in [-0.1, -0.05) is 12.1 Å². The summed E-state index contributed by atoms with van der Waals surface area (Å²) in [6, 6.07) is 4.43. The number of benzene rings is 1. The molecule has 0 aromatic heterocycles. The molecule has 0 bridgehead atoms. The topological polar surface area (TPSA) is 29.5 Å². The van der Waals surface area contributed by atoms with E-state index >= 15 is 0 Å². The van der Waals surface area contributed by atoms with Gasteiger partial charge < -0.3 is 9.84 Å². The first-order valence-corrected chi connectivity index (χ1v) is 3.34. The van der Waals surface area contributed by atoms with Gasteiger partial charge in [0.1, 0.15) is 0 Å². The maximum Gasteiger partial charge on any atom is 0.387 e. The molecule has 1 aromatic carbocycles. The Morgan fingerprint density at radius 1 is 1.42 bits per heavy atom. The molecule has 0 radical (unpaired) electrons. The molecule has 12 heavy (non-hydrogen) atoms. The highest BCUT2D eigenvalue weighted by Crippen LogP contribution is 2.29. The van der Waals surface area contributed by atoms with Crippen LogP contribution in [0.3, 0.4) is 0 Å².